The molecule has 0 N–H and O–H groups in total. The van der Waals surface area contributed by atoms with Gasteiger partial charge in [0.25, 0.3) is 0 Å². The molecule has 3 aromatic heterocycles. The average Bonchev–Trinajstić information content (AvgIpc) is 3.80. The molecule has 0 fully saturated rings. The predicted octanol–water partition coefficient (Wildman–Crippen LogP) is 13.3. The highest BCUT2D eigenvalue weighted by atomic mass is 16.3. The van der Waals surface area contributed by atoms with E-state index in [4.69, 9.17) is 19.4 Å². The van der Waals surface area contributed by atoms with E-state index in [-0.39, 0.29) is 0 Å². The second-order valence-corrected chi connectivity index (χ2v) is 14.4. The molecule has 0 bridgehead atoms. The Bertz CT molecular complexity index is 3550. The maximum absolute atomic E-state index is 6.59. The van der Waals surface area contributed by atoms with Gasteiger partial charge in [-0.2, -0.15) is 0 Å². The van der Waals surface area contributed by atoms with Crippen molar-refractivity contribution in [2.75, 3.05) is 0 Å². The molecule has 0 aliphatic heterocycles. The Hall–Kier alpha value is -7.63. The molecule has 0 saturated carbocycles. The lowest BCUT2D eigenvalue weighted by Gasteiger charge is -2.16. The lowest BCUT2D eigenvalue weighted by molar-refractivity contribution is 0.669. The minimum absolute atomic E-state index is 0.583. The van der Waals surface area contributed by atoms with E-state index in [2.05, 4.69) is 174 Å². The maximum Gasteiger partial charge on any atom is 0.166 e. The molecule has 0 unspecified atom stereocenters. The van der Waals surface area contributed by atoms with E-state index in [1.165, 1.54) is 26.9 Å². The molecule has 0 amide bonds. The van der Waals surface area contributed by atoms with Gasteiger partial charge in [-0.15, -0.1) is 0 Å². The number of fused-ring (bicyclic) bond motifs is 9. The third-order valence-electron chi connectivity index (χ3n) is 11.2. The van der Waals surface area contributed by atoms with Gasteiger partial charge in [0.15, 0.2) is 17.5 Å². The fourth-order valence-corrected chi connectivity index (χ4v) is 8.60. The average molecular weight is 715 g/mol. The van der Waals surface area contributed by atoms with Gasteiger partial charge >= 0.3 is 0 Å². The zero-order valence-corrected chi connectivity index (χ0v) is 30.0. The van der Waals surface area contributed by atoms with Gasteiger partial charge in [0.1, 0.15) is 11.2 Å². The molecule has 56 heavy (non-hydrogen) atoms. The third-order valence-corrected chi connectivity index (χ3v) is 11.2. The number of hydrogen-bond donors (Lipinski definition) is 0. The molecule has 0 atom stereocenters. The predicted molar refractivity (Wildman–Crippen MR) is 230 cm³/mol. The van der Waals surface area contributed by atoms with Crippen LogP contribution >= 0.6 is 0 Å². The van der Waals surface area contributed by atoms with Crippen LogP contribution < -0.4 is 0 Å². The van der Waals surface area contributed by atoms with E-state index in [9.17, 15) is 0 Å². The van der Waals surface area contributed by atoms with Gasteiger partial charge in [0, 0.05) is 32.8 Å². The van der Waals surface area contributed by atoms with Crippen molar-refractivity contribution >= 4 is 76.1 Å². The first-order chi connectivity index (χ1) is 27.7. The molecule has 12 rings (SSSR count). The van der Waals surface area contributed by atoms with Crippen molar-refractivity contribution in [3.63, 3.8) is 0 Å². The van der Waals surface area contributed by atoms with Gasteiger partial charge in [-0.25, -0.2) is 15.0 Å². The van der Waals surface area contributed by atoms with Crippen LogP contribution in [0, 0.1) is 0 Å². The van der Waals surface area contributed by atoms with Crippen LogP contribution in [-0.2, 0) is 0 Å². The summed E-state index contributed by atoms with van der Waals surface area (Å²) < 4.78 is 8.98. The van der Waals surface area contributed by atoms with Gasteiger partial charge in [-0.3, -0.25) is 0 Å². The van der Waals surface area contributed by atoms with Crippen molar-refractivity contribution in [2.45, 2.75) is 0 Å². The van der Waals surface area contributed by atoms with Gasteiger partial charge in [-0.05, 0) is 74.8 Å². The Morgan fingerprint density at radius 2 is 0.982 bits per heavy atom. The van der Waals surface area contributed by atoms with E-state index in [1.807, 2.05) is 12.1 Å². The summed E-state index contributed by atoms with van der Waals surface area (Å²) in [4.78, 5) is 16.0. The molecule has 260 valence electrons. The van der Waals surface area contributed by atoms with Crippen molar-refractivity contribution in [3.8, 4) is 39.9 Å². The summed E-state index contributed by atoms with van der Waals surface area (Å²) in [6, 6.07) is 63.9. The van der Waals surface area contributed by atoms with Gasteiger partial charge < -0.3 is 8.98 Å². The van der Waals surface area contributed by atoms with Crippen LogP contribution in [0.2, 0.25) is 0 Å². The summed E-state index contributed by atoms with van der Waals surface area (Å²) in [6.45, 7) is 0. The van der Waals surface area contributed by atoms with Crippen molar-refractivity contribution in [3.05, 3.63) is 182 Å². The first-order valence-corrected chi connectivity index (χ1v) is 18.9. The smallest absolute Gasteiger partial charge is 0.166 e. The number of hydrogen-bond acceptors (Lipinski definition) is 4. The molecule has 9 aromatic carbocycles. The van der Waals surface area contributed by atoms with Crippen LogP contribution in [0.5, 0.6) is 0 Å². The minimum atomic E-state index is 0.583. The molecular weight excluding hydrogens is 685 g/mol. The monoisotopic (exact) mass is 714 g/mol. The molecule has 0 aliphatic rings. The van der Waals surface area contributed by atoms with E-state index < -0.39 is 0 Å². The topological polar surface area (TPSA) is 56.7 Å². The van der Waals surface area contributed by atoms with Crippen LogP contribution in [-0.4, -0.2) is 19.5 Å². The number of furan rings is 1. The van der Waals surface area contributed by atoms with Crippen molar-refractivity contribution in [2.24, 2.45) is 0 Å². The molecular formula is C51H30N4O. The largest absolute Gasteiger partial charge is 0.456 e. The molecule has 12 aromatic rings. The summed E-state index contributed by atoms with van der Waals surface area (Å²) in [6.07, 6.45) is 0. The van der Waals surface area contributed by atoms with Crippen LogP contribution in [0.3, 0.4) is 0 Å². The summed E-state index contributed by atoms with van der Waals surface area (Å²) in [5.41, 5.74) is 7.55. The van der Waals surface area contributed by atoms with E-state index in [0.29, 0.717) is 17.5 Å². The number of aromatic nitrogens is 4. The van der Waals surface area contributed by atoms with E-state index in [1.54, 1.807) is 0 Å². The zero-order valence-electron chi connectivity index (χ0n) is 30.0. The Labute approximate surface area is 320 Å². The van der Waals surface area contributed by atoms with Gasteiger partial charge in [-0.1, -0.05) is 140 Å². The highest BCUT2D eigenvalue weighted by Crippen LogP contribution is 2.44. The normalized spacial score (nSPS) is 11.9. The molecule has 0 aliphatic carbocycles. The Balaban J connectivity index is 1.23. The number of nitrogens with zero attached hydrogens (tertiary/aromatic N) is 4. The molecule has 5 nitrogen and oxygen atoms in total. The fourth-order valence-electron chi connectivity index (χ4n) is 8.60. The van der Waals surface area contributed by atoms with Crippen LogP contribution in [0.25, 0.3) is 116 Å². The maximum atomic E-state index is 6.59. The number of para-hydroxylation sites is 2. The molecule has 0 radical (unpaired) electrons. The lowest BCUT2D eigenvalue weighted by Crippen LogP contribution is -2.04. The summed E-state index contributed by atoms with van der Waals surface area (Å²) in [5.74, 6) is 1.81. The fraction of sp³-hybridized carbons (Fsp3) is 0. The third kappa shape index (κ3) is 4.64. The number of benzene rings is 9. The highest BCUT2D eigenvalue weighted by molar-refractivity contribution is 6.18. The Morgan fingerprint density at radius 3 is 1.82 bits per heavy atom. The molecule has 0 spiro atoms. The zero-order chi connectivity index (χ0) is 36.7. The second-order valence-electron chi connectivity index (χ2n) is 14.4. The van der Waals surface area contributed by atoms with E-state index in [0.717, 1.165) is 71.5 Å². The first-order valence-electron chi connectivity index (χ1n) is 18.9. The molecule has 3 heterocycles. The van der Waals surface area contributed by atoms with Crippen LogP contribution in [0.15, 0.2) is 186 Å². The summed E-state index contributed by atoms with van der Waals surface area (Å²) in [7, 11) is 0. The summed E-state index contributed by atoms with van der Waals surface area (Å²) >= 11 is 0. The molecule has 0 saturated heterocycles. The van der Waals surface area contributed by atoms with Crippen molar-refractivity contribution in [1.29, 1.82) is 0 Å². The molecule has 5 heteroatoms. The van der Waals surface area contributed by atoms with Crippen molar-refractivity contribution in [1.82, 2.24) is 19.5 Å². The van der Waals surface area contributed by atoms with E-state index >= 15 is 0 Å². The first kappa shape index (κ1) is 30.8. The minimum Gasteiger partial charge on any atom is -0.456 e. The summed E-state index contributed by atoms with van der Waals surface area (Å²) in [5, 5.41) is 11.3. The lowest BCUT2D eigenvalue weighted by atomic mass is 10.0. The highest BCUT2D eigenvalue weighted by Gasteiger charge is 2.25. The van der Waals surface area contributed by atoms with Crippen LogP contribution in [0.4, 0.5) is 0 Å². The van der Waals surface area contributed by atoms with Gasteiger partial charge in [0.2, 0.25) is 0 Å². The Morgan fingerprint density at radius 1 is 0.357 bits per heavy atom. The SMILES string of the molecule is c1ccc2cc(-c3nc(-c4ccc5oc6ccccc6c5c4-n4c5ccccc5c5cc6ccccc6cc54)nc(-c4cccc5ccccc45)n3)ccc2c1. The standard InChI is InChI=1S/C51H30N4O/c1-2-14-33-28-36(25-24-31(33)12-1)49-52-50(39-21-11-17-32-13-5-6-18-37(32)39)54-51(53-49)41-26-27-46-47(40-20-8-10-23-45(40)56-46)48(41)55-43-22-9-7-19-38(43)42-29-34-15-3-4-16-35(34)30-44(42)55/h1-30H. The quantitative estimate of drug-likeness (QED) is 0.182. The van der Waals surface area contributed by atoms with Gasteiger partial charge in [0.05, 0.1) is 22.1 Å². The second kappa shape index (κ2) is 11.9. The van der Waals surface area contributed by atoms with Crippen LogP contribution in [0.1, 0.15) is 0 Å². The Kier molecular flexibility index (Phi) is 6.56. The van der Waals surface area contributed by atoms with Crippen molar-refractivity contribution < 1.29 is 4.42 Å². The number of rotatable bonds is 4.